The van der Waals surface area contributed by atoms with Gasteiger partial charge in [-0.25, -0.2) is 0 Å². The van der Waals surface area contributed by atoms with E-state index in [9.17, 15) is 10.2 Å². The third kappa shape index (κ3) is 2.99. The zero-order valence-electron chi connectivity index (χ0n) is 13.9. The van der Waals surface area contributed by atoms with E-state index in [4.69, 9.17) is 4.74 Å². The van der Waals surface area contributed by atoms with Gasteiger partial charge in [0.2, 0.25) is 0 Å². The number of phenols is 1. The third-order valence-corrected chi connectivity index (χ3v) is 4.81. The van der Waals surface area contributed by atoms with Crippen molar-refractivity contribution in [1.82, 2.24) is 0 Å². The Kier molecular flexibility index (Phi) is 3.94. The minimum absolute atomic E-state index is 0.162. The quantitative estimate of drug-likeness (QED) is 0.727. The molecule has 1 aliphatic rings. The highest BCUT2D eigenvalue weighted by atomic mass is 16.5. The topological polar surface area (TPSA) is 49.7 Å². The lowest BCUT2D eigenvalue weighted by atomic mass is 9.75. The molecule has 2 N–H and O–H groups in total. The highest BCUT2D eigenvalue weighted by Crippen LogP contribution is 2.43. The molecule has 0 saturated carbocycles. The monoisotopic (exact) mass is 332 g/mol. The van der Waals surface area contributed by atoms with Crippen LogP contribution in [0, 0.1) is 0 Å². The highest BCUT2D eigenvalue weighted by Gasteiger charge is 2.36. The standard InChI is InChI=1S/C22H20O3/c23-18-8-4-7-17(14-18)22(24)13-5-6-16-11-12-20(15-21(16)22)25-19-9-2-1-3-10-19/h1-4,7-12,14-15,23-24H,5-6,13H2. The van der Waals surface area contributed by atoms with Crippen LogP contribution in [0.4, 0.5) is 0 Å². The van der Waals surface area contributed by atoms with Gasteiger partial charge in [-0.05, 0) is 72.4 Å². The van der Waals surface area contributed by atoms with E-state index in [0.29, 0.717) is 17.7 Å². The Balaban J connectivity index is 1.76. The number of phenolic OH excluding ortho intramolecular Hbond substituents is 1. The van der Waals surface area contributed by atoms with E-state index in [1.807, 2.05) is 54.6 Å². The lowest BCUT2D eigenvalue weighted by Gasteiger charge is -2.35. The van der Waals surface area contributed by atoms with Crippen molar-refractivity contribution in [2.24, 2.45) is 0 Å². The molecule has 0 spiro atoms. The summed E-state index contributed by atoms with van der Waals surface area (Å²) in [5.41, 5.74) is 1.59. The van der Waals surface area contributed by atoms with Crippen LogP contribution in [0.1, 0.15) is 29.5 Å². The van der Waals surface area contributed by atoms with Gasteiger partial charge < -0.3 is 14.9 Å². The zero-order valence-corrected chi connectivity index (χ0v) is 13.9. The van der Waals surface area contributed by atoms with Crippen LogP contribution in [0.25, 0.3) is 0 Å². The number of hydrogen-bond acceptors (Lipinski definition) is 3. The normalized spacial score (nSPS) is 19.2. The molecular weight excluding hydrogens is 312 g/mol. The molecule has 0 aliphatic heterocycles. The summed E-state index contributed by atoms with van der Waals surface area (Å²) < 4.78 is 5.94. The molecule has 0 fully saturated rings. The van der Waals surface area contributed by atoms with Crippen LogP contribution in [-0.2, 0) is 12.0 Å². The molecule has 0 radical (unpaired) electrons. The molecule has 3 nitrogen and oxygen atoms in total. The Morgan fingerprint density at radius 3 is 2.48 bits per heavy atom. The first-order chi connectivity index (χ1) is 12.1. The number of aliphatic hydroxyl groups is 1. The van der Waals surface area contributed by atoms with Crippen molar-refractivity contribution in [2.75, 3.05) is 0 Å². The summed E-state index contributed by atoms with van der Waals surface area (Å²) in [7, 11) is 0. The minimum Gasteiger partial charge on any atom is -0.508 e. The molecule has 3 heteroatoms. The van der Waals surface area contributed by atoms with E-state index in [1.54, 1.807) is 18.2 Å². The fourth-order valence-electron chi connectivity index (χ4n) is 3.58. The molecule has 4 rings (SSSR count). The van der Waals surface area contributed by atoms with Crippen LogP contribution in [0.5, 0.6) is 17.2 Å². The summed E-state index contributed by atoms with van der Waals surface area (Å²) in [5.74, 6) is 1.62. The fourth-order valence-corrected chi connectivity index (χ4v) is 3.58. The number of aromatic hydroxyl groups is 1. The number of ether oxygens (including phenoxy) is 1. The summed E-state index contributed by atoms with van der Waals surface area (Å²) in [5, 5.41) is 21.3. The Labute approximate surface area is 147 Å². The van der Waals surface area contributed by atoms with Gasteiger partial charge in [-0.15, -0.1) is 0 Å². The molecular formula is C22H20O3. The lowest BCUT2D eigenvalue weighted by Crippen LogP contribution is -2.31. The average molecular weight is 332 g/mol. The van der Waals surface area contributed by atoms with Crippen molar-refractivity contribution >= 4 is 0 Å². The molecule has 3 aromatic rings. The lowest BCUT2D eigenvalue weighted by molar-refractivity contribution is 0.0611. The van der Waals surface area contributed by atoms with E-state index < -0.39 is 5.60 Å². The number of aryl methyl sites for hydroxylation is 1. The second-order valence-corrected chi connectivity index (χ2v) is 6.50. The molecule has 0 saturated heterocycles. The molecule has 0 bridgehead atoms. The molecule has 1 unspecified atom stereocenters. The van der Waals surface area contributed by atoms with Gasteiger partial charge in [0.1, 0.15) is 22.8 Å². The maximum atomic E-state index is 11.4. The van der Waals surface area contributed by atoms with Crippen LogP contribution in [0.3, 0.4) is 0 Å². The predicted octanol–water partition coefficient (Wildman–Crippen LogP) is 4.76. The first-order valence-corrected chi connectivity index (χ1v) is 8.53. The van der Waals surface area contributed by atoms with Gasteiger partial charge in [0.05, 0.1) is 0 Å². The summed E-state index contributed by atoms with van der Waals surface area (Å²) >= 11 is 0. The van der Waals surface area contributed by atoms with Crippen molar-refractivity contribution in [1.29, 1.82) is 0 Å². The first-order valence-electron chi connectivity index (χ1n) is 8.53. The van der Waals surface area contributed by atoms with Crippen LogP contribution in [0.15, 0.2) is 72.8 Å². The van der Waals surface area contributed by atoms with Gasteiger partial charge in [-0.3, -0.25) is 0 Å². The summed E-state index contributed by atoms with van der Waals surface area (Å²) in [6.07, 6.45) is 2.46. The Morgan fingerprint density at radius 1 is 0.840 bits per heavy atom. The van der Waals surface area contributed by atoms with Crippen molar-refractivity contribution in [3.63, 3.8) is 0 Å². The molecule has 0 heterocycles. The molecule has 1 aliphatic carbocycles. The second kappa shape index (κ2) is 6.26. The van der Waals surface area contributed by atoms with Gasteiger partial charge in [-0.2, -0.15) is 0 Å². The molecule has 126 valence electrons. The Bertz CT molecular complexity index is 889. The van der Waals surface area contributed by atoms with Gasteiger partial charge in [0.25, 0.3) is 0 Å². The Hall–Kier alpha value is -2.78. The molecule has 3 aromatic carbocycles. The van der Waals surface area contributed by atoms with Crippen molar-refractivity contribution < 1.29 is 14.9 Å². The largest absolute Gasteiger partial charge is 0.508 e. The van der Waals surface area contributed by atoms with Crippen molar-refractivity contribution in [3.05, 3.63) is 89.5 Å². The molecule has 25 heavy (non-hydrogen) atoms. The SMILES string of the molecule is Oc1cccc(C2(O)CCCc3ccc(Oc4ccccc4)cc32)c1. The van der Waals surface area contributed by atoms with Gasteiger partial charge in [0.15, 0.2) is 0 Å². The third-order valence-electron chi connectivity index (χ3n) is 4.81. The van der Waals surface area contributed by atoms with E-state index in [0.717, 1.165) is 29.7 Å². The number of para-hydroxylation sites is 1. The molecule has 1 atom stereocenters. The number of hydrogen-bond donors (Lipinski definition) is 2. The van der Waals surface area contributed by atoms with Crippen LogP contribution >= 0.6 is 0 Å². The van der Waals surface area contributed by atoms with Gasteiger partial charge in [-0.1, -0.05) is 36.4 Å². The van der Waals surface area contributed by atoms with E-state index in [1.165, 1.54) is 0 Å². The van der Waals surface area contributed by atoms with Crippen molar-refractivity contribution in [3.8, 4) is 17.2 Å². The smallest absolute Gasteiger partial charge is 0.127 e. The maximum absolute atomic E-state index is 11.4. The fraction of sp³-hybridized carbons (Fsp3) is 0.182. The number of benzene rings is 3. The predicted molar refractivity (Wildman–Crippen MR) is 97.0 cm³/mol. The summed E-state index contributed by atoms with van der Waals surface area (Å²) in [6.45, 7) is 0. The number of rotatable bonds is 3. The Morgan fingerprint density at radius 2 is 1.68 bits per heavy atom. The summed E-state index contributed by atoms with van der Waals surface area (Å²) in [6, 6.07) is 22.4. The highest BCUT2D eigenvalue weighted by molar-refractivity contribution is 5.48. The molecule has 0 amide bonds. The number of fused-ring (bicyclic) bond motifs is 1. The van der Waals surface area contributed by atoms with E-state index in [2.05, 4.69) is 0 Å². The van der Waals surface area contributed by atoms with Crippen molar-refractivity contribution in [2.45, 2.75) is 24.9 Å². The maximum Gasteiger partial charge on any atom is 0.127 e. The van der Waals surface area contributed by atoms with Crippen LogP contribution in [-0.4, -0.2) is 10.2 Å². The van der Waals surface area contributed by atoms with E-state index >= 15 is 0 Å². The van der Waals surface area contributed by atoms with Crippen LogP contribution < -0.4 is 4.74 Å². The van der Waals surface area contributed by atoms with Gasteiger partial charge >= 0.3 is 0 Å². The van der Waals surface area contributed by atoms with E-state index in [-0.39, 0.29) is 5.75 Å². The molecule has 0 aromatic heterocycles. The zero-order chi connectivity index (χ0) is 17.3. The summed E-state index contributed by atoms with van der Waals surface area (Å²) in [4.78, 5) is 0. The van der Waals surface area contributed by atoms with Gasteiger partial charge in [0, 0.05) is 0 Å². The average Bonchev–Trinajstić information content (AvgIpc) is 2.63. The van der Waals surface area contributed by atoms with Crippen LogP contribution in [0.2, 0.25) is 0 Å². The first kappa shape index (κ1) is 15.7. The second-order valence-electron chi connectivity index (χ2n) is 6.50. The minimum atomic E-state index is -1.11.